The number of rotatable bonds is 6. The van der Waals surface area contributed by atoms with Crippen molar-refractivity contribution in [3.8, 4) is 0 Å². The Morgan fingerprint density at radius 3 is 2.89 bits per heavy atom. The minimum Gasteiger partial charge on any atom is -0.351 e. The van der Waals surface area contributed by atoms with E-state index in [-0.39, 0.29) is 11.7 Å². The van der Waals surface area contributed by atoms with Crippen molar-refractivity contribution in [1.82, 2.24) is 10.3 Å². The van der Waals surface area contributed by atoms with E-state index in [0.29, 0.717) is 18.0 Å². The summed E-state index contributed by atoms with van der Waals surface area (Å²) in [6.45, 7) is 2.35. The number of aromatic nitrogens is 1. The molecule has 0 atom stereocenters. The molecule has 1 heterocycles. The summed E-state index contributed by atoms with van der Waals surface area (Å²) in [5.74, 6) is 0.000132. The lowest BCUT2D eigenvalue weighted by Crippen LogP contribution is -2.23. The number of nitrogens with zero attached hydrogens (tertiary/aromatic N) is 1. The second-order valence-electron chi connectivity index (χ2n) is 3.45. The van der Waals surface area contributed by atoms with Gasteiger partial charge in [0.25, 0.3) is 5.91 Å². The molecule has 0 spiro atoms. The summed E-state index contributed by atoms with van der Waals surface area (Å²) in [6, 6.07) is 3.34. The molecule has 0 fully saturated rings. The number of carbonyl (C=O) groups is 1. The van der Waals surface area contributed by atoms with Crippen molar-refractivity contribution >= 4 is 27.7 Å². The average Bonchev–Trinajstić information content (AvgIpc) is 2.28. The third kappa shape index (κ3) is 5.48. The third-order valence-corrected chi connectivity index (χ3v) is 3.97. The monoisotopic (exact) mass is 289 g/mol. The van der Waals surface area contributed by atoms with Crippen LogP contribution < -0.4 is 10.5 Å². The number of nitrogens with one attached hydrogen (secondary N) is 1. The van der Waals surface area contributed by atoms with Crippen molar-refractivity contribution in [2.75, 3.05) is 18.1 Å². The Labute approximate surface area is 110 Å². The van der Waals surface area contributed by atoms with Gasteiger partial charge in [-0.15, -0.1) is 11.8 Å². The Bertz CT molecular complexity index is 517. The lowest BCUT2D eigenvalue weighted by Gasteiger charge is -2.04. The predicted octanol–water partition coefficient (Wildman–Crippen LogP) is 0.212. The van der Waals surface area contributed by atoms with Crippen LogP contribution in [0, 0.1) is 0 Å². The number of hydrogen-bond donors (Lipinski definition) is 2. The van der Waals surface area contributed by atoms with E-state index >= 15 is 0 Å². The molecule has 100 valence electrons. The molecule has 3 N–H and O–H groups in total. The highest BCUT2D eigenvalue weighted by atomic mass is 32.2. The average molecular weight is 289 g/mol. The van der Waals surface area contributed by atoms with E-state index in [0.717, 1.165) is 4.90 Å². The van der Waals surface area contributed by atoms with Gasteiger partial charge in [-0.2, -0.15) is 0 Å². The van der Waals surface area contributed by atoms with Gasteiger partial charge in [-0.1, -0.05) is 0 Å². The molecule has 1 aromatic heterocycles. The number of thioether (sulfide) groups is 1. The second-order valence-corrected chi connectivity index (χ2v) is 6.35. The van der Waals surface area contributed by atoms with Gasteiger partial charge in [0.2, 0.25) is 10.0 Å². The topological polar surface area (TPSA) is 102 Å². The molecule has 0 saturated heterocycles. The highest BCUT2D eigenvalue weighted by Gasteiger charge is 2.08. The Balaban J connectivity index is 2.62. The number of primary sulfonamides is 1. The molecule has 0 aliphatic carbocycles. The first kappa shape index (κ1) is 14.9. The maximum Gasteiger partial charge on any atom is 0.269 e. The first-order valence-corrected chi connectivity index (χ1v) is 8.00. The van der Waals surface area contributed by atoms with E-state index in [1.807, 2.05) is 6.92 Å². The van der Waals surface area contributed by atoms with Crippen molar-refractivity contribution in [3.05, 3.63) is 24.0 Å². The number of carbonyl (C=O) groups excluding carboxylic acids is 1. The van der Waals surface area contributed by atoms with Crippen LogP contribution in [0.1, 0.15) is 17.4 Å². The van der Waals surface area contributed by atoms with Crippen LogP contribution in [-0.4, -0.2) is 37.4 Å². The zero-order valence-electron chi connectivity index (χ0n) is 9.92. The molecule has 0 aliphatic rings. The first-order chi connectivity index (χ1) is 8.42. The van der Waals surface area contributed by atoms with Gasteiger partial charge in [-0.25, -0.2) is 13.6 Å². The summed E-state index contributed by atoms with van der Waals surface area (Å²) >= 11 is 1.32. The van der Waals surface area contributed by atoms with Crippen LogP contribution in [0.4, 0.5) is 0 Å². The van der Waals surface area contributed by atoms with Crippen molar-refractivity contribution in [2.24, 2.45) is 5.14 Å². The molecule has 1 aromatic rings. The molecule has 18 heavy (non-hydrogen) atoms. The molecule has 8 heteroatoms. The van der Waals surface area contributed by atoms with Crippen molar-refractivity contribution < 1.29 is 13.2 Å². The van der Waals surface area contributed by atoms with Crippen molar-refractivity contribution in [2.45, 2.75) is 11.8 Å². The van der Waals surface area contributed by atoms with Gasteiger partial charge in [0.15, 0.2) is 0 Å². The van der Waals surface area contributed by atoms with E-state index in [4.69, 9.17) is 5.14 Å². The predicted molar refractivity (Wildman–Crippen MR) is 70.9 cm³/mol. The van der Waals surface area contributed by atoms with Gasteiger partial charge in [0.05, 0.1) is 5.75 Å². The van der Waals surface area contributed by atoms with Gasteiger partial charge in [0.1, 0.15) is 5.69 Å². The van der Waals surface area contributed by atoms with E-state index in [1.54, 1.807) is 12.1 Å². The normalized spacial score (nSPS) is 11.2. The van der Waals surface area contributed by atoms with Gasteiger partial charge in [0, 0.05) is 23.4 Å². The van der Waals surface area contributed by atoms with Crippen LogP contribution in [0.3, 0.4) is 0 Å². The molecule has 6 nitrogen and oxygen atoms in total. The largest absolute Gasteiger partial charge is 0.351 e. The number of pyridine rings is 1. The molecule has 1 amide bonds. The van der Waals surface area contributed by atoms with Gasteiger partial charge < -0.3 is 5.32 Å². The number of nitrogens with two attached hydrogens (primary N) is 1. The van der Waals surface area contributed by atoms with E-state index in [2.05, 4.69) is 10.3 Å². The highest BCUT2D eigenvalue weighted by molar-refractivity contribution is 8.00. The summed E-state index contributed by atoms with van der Waals surface area (Å²) in [4.78, 5) is 16.3. The molecule has 0 radical (unpaired) electrons. The Hall–Kier alpha value is -1.12. The van der Waals surface area contributed by atoms with Crippen LogP contribution in [0.15, 0.2) is 23.2 Å². The molecular formula is C10H15N3O3S2. The highest BCUT2D eigenvalue weighted by Crippen LogP contribution is 2.17. The molecule has 1 rings (SSSR count). The summed E-state index contributed by atoms with van der Waals surface area (Å²) in [6.07, 6.45) is 1.52. The number of hydrogen-bond acceptors (Lipinski definition) is 5. The fourth-order valence-corrected chi connectivity index (χ4v) is 3.00. The summed E-state index contributed by atoms with van der Waals surface area (Å²) < 4.78 is 21.5. The smallest absolute Gasteiger partial charge is 0.269 e. The van der Waals surface area contributed by atoms with Crippen LogP contribution in [-0.2, 0) is 10.0 Å². The van der Waals surface area contributed by atoms with Crippen molar-refractivity contribution in [1.29, 1.82) is 0 Å². The van der Waals surface area contributed by atoms with Gasteiger partial charge in [-0.3, -0.25) is 9.78 Å². The van der Waals surface area contributed by atoms with Crippen LogP contribution in [0.25, 0.3) is 0 Å². The maximum atomic E-state index is 11.5. The molecule has 0 bridgehead atoms. The molecule has 0 aliphatic heterocycles. The summed E-state index contributed by atoms with van der Waals surface area (Å²) in [5, 5.41) is 7.54. The van der Waals surface area contributed by atoms with Crippen molar-refractivity contribution in [3.63, 3.8) is 0 Å². The zero-order chi connectivity index (χ0) is 13.6. The van der Waals surface area contributed by atoms with E-state index in [9.17, 15) is 13.2 Å². The SMILES string of the molecule is CCNC(=O)c1cc(SCCS(N)(=O)=O)ccn1. The van der Waals surface area contributed by atoms with Crippen LogP contribution in [0.2, 0.25) is 0 Å². The first-order valence-electron chi connectivity index (χ1n) is 5.30. The molecule has 0 saturated carbocycles. The van der Waals surface area contributed by atoms with Crippen LogP contribution in [0.5, 0.6) is 0 Å². The number of amides is 1. The van der Waals surface area contributed by atoms with Gasteiger partial charge >= 0.3 is 0 Å². The minimum atomic E-state index is -3.45. The second kappa shape index (κ2) is 6.72. The van der Waals surface area contributed by atoms with E-state index < -0.39 is 10.0 Å². The Morgan fingerprint density at radius 1 is 1.56 bits per heavy atom. The fraction of sp³-hybridized carbons (Fsp3) is 0.400. The fourth-order valence-electron chi connectivity index (χ4n) is 1.15. The quantitative estimate of drug-likeness (QED) is 0.729. The zero-order valence-corrected chi connectivity index (χ0v) is 11.6. The molecule has 0 unspecified atom stereocenters. The third-order valence-electron chi connectivity index (χ3n) is 1.94. The lowest BCUT2D eigenvalue weighted by molar-refractivity contribution is 0.0950. The Kier molecular flexibility index (Phi) is 5.57. The summed E-state index contributed by atoms with van der Waals surface area (Å²) in [7, 11) is -3.45. The van der Waals surface area contributed by atoms with Gasteiger partial charge in [-0.05, 0) is 19.1 Å². The van der Waals surface area contributed by atoms with E-state index in [1.165, 1.54) is 18.0 Å². The Morgan fingerprint density at radius 2 is 2.28 bits per heavy atom. The minimum absolute atomic E-state index is 0.101. The summed E-state index contributed by atoms with van der Waals surface area (Å²) in [5.41, 5.74) is 0.317. The molecular weight excluding hydrogens is 274 g/mol. The molecule has 0 aromatic carbocycles. The standard InChI is InChI=1S/C10H15N3O3S2/c1-2-12-10(14)9-7-8(3-4-13-9)17-5-6-18(11,15)16/h3-4,7H,2,5-6H2,1H3,(H,12,14)(H2,11,15,16). The van der Waals surface area contributed by atoms with Crippen LogP contribution >= 0.6 is 11.8 Å². The lowest BCUT2D eigenvalue weighted by atomic mass is 10.3. The maximum absolute atomic E-state index is 11.5. The number of sulfonamides is 1.